The summed E-state index contributed by atoms with van der Waals surface area (Å²) in [5.41, 5.74) is 1.31. The molecule has 0 bridgehead atoms. The maximum absolute atomic E-state index is 5.06. The largest absolute Gasteiger partial charge is 0.497 e. The van der Waals surface area contributed by atoms with Gasteiger partial charge in [0.2, 0.25) is 0 Å². The average Bonchev–Trinajstić information content (AvgIpc) is 1.94. The van der Waals surface area contributed by atoms with Gasteiger partial charge in [0, 0.05) is 0 Å². The summed E-state index contributed by atoms with van der Waals surface area (Å²) in [6.07, 6.45) is 6.96. The number of hydrogen-bond acceptors (Lipinski definition) is 1. The Labute approximate surface area is 49.7 Å². The second-order valence-corrected chi connectivity index (χ2v) is 1.97. The average molecular weight is 110 g/mol. The van der Waals surface area contributed by atoms with Crippen molar-refractivity contribution in [2.24, 2.45) is 0 Å². The highest BCUT2D eigenvalue weighted by molar-refractivity contribution is 5.04. The van der Waals surface area contributed by atoms with Crippen LogP contribution in [0.3, 0.4) is 0 Å². The van der Waals surface area contributed by atoms with Crippen molar-refractivity contribution in [3.05, 3.63) is 24.0 Å². The third-order valence-electron chi connectivity index (χ3n) is 1.11. The van der Waals surface area contributed by atoms with Gasteiger partial charge in [-0.25, -0.2) is 0 Å². The molecule has 0 aromatic carbocycles. The molecule has 1 aliphatic rings. The monoisotopic (exact) mass is 110 g/mol. The smallest absolute Gasteiger partial charge is 0.108 e. The quantitative estimate of drug-likeness (QED) is 0.432. The molecule has 0 unspecified atom stereocenters. The summed E-state index contributed by atoms with van der Waals surface area (Å²) in [6.45, 7) is 2.84. The fraction of sp³-hybridized carbons (Fsp3) is 0.429. The van der Waals surface area contributed by atoms with Gasteiger partial charge in [-0.3, -0.25) is 0 Å². The van der Waals surface area contributed by atoms with Crippen LogP contribution in [-0.2, 0) is 4.74 Å². The molecule has 1 nitrogen and oxygen atoms in total. The molecule has 8 heavy (non-hydrogen) atoms. The topological polar surface area (TPSA) is 9.23 Å². The van der Waals surface area contributed by atoms with Crippen molar-refractivity contribution in [1.29, 1.82) is 0 Å². The van der Waals surface area contributed by atoms with E-state index in [1.165, 1.54) is 5.57 Å². The Morgan fingerprint density at radius 3 is 3.38 bits per heavy atom. The minimum Gasteiger partial charge on any atom is -0.497 e. The highest BCUT2D eigenvalue weighted by atomic mass is 16.5. The third-order valence-corrected chi connectivity index (χ3v) is 1.11. The Bertz CT molecular complexity index is 122. The Morgan fingerprint density at radius 1 is 1.62 bits per heavy atom. The lowest BCUT2D eigenvalue weighted by molar-refractivity contribution is 0.282. The van der Waals surface area contributed by atoms with E-state index >= 15 is 0 Å². The summed E-state index contributed by atoms with van der Waals surface area (Å²) in [7, 11) is 0. The van der Waals surface area contributed by atoms with Crippen molar-refractivity contribution in [1.82, 2.24) is 0 Å². The Kier molecular flexibility index (Phi) is 1.73. The van der Waals surface area contributed by atoms with Gasteiger partial charge in [0.05, 0.1) is 6.26 Å². The van der Waals surface area contributed by atoms with Crippen LogP contribution in [0.25, 0.3) is 0 Å². The molecule has 0 aromatic rings. The molecule has 1 heterocycles. The molecule has 0 atom stereocenters. The second-order valence-electron chi connectivity index (χ2n) is 1.97. The molecule has 0 radical (unpaired) electrons. The van der Waals surface area contributed by atoms with Gasteiger partial charge in [0.1, 0.15) is 6.61 Å². The lowest BCUT2D eigenvalue weighted by Crippen LogP contribution is -1.85. The third kappa shape index (κ3) is 1.41. The summed E-state index contributed by atoms with van der Waals surface area (Å²) < 4.78 is 5.06. The highest BCUT2D eigenvalue weighted by Gasteiger charge is 1.89. The van der Waals surface area contributed by atoms with Gasteiger partial charge in [0.25, 0.3) is 0 Å². The van der Waals surface area contributed by atoms with Crippen molar-refractivity contribution in [2.75, 3.05) is 6.61 Å². The molecule has 1 heteroatoms. The van der Waals surface area contributed by atoms with Crippen LogP contribution in [0.5, 0.6) is 0 Å². The van der Waals surface area contributed by atoms with E-state index in [0.29, 0.717) is 0 Å². The molecule has 0 saturated carbocycles. The predicted octanol–water partition coefficient (Wildman–Crippen LogP) is 1.87. The van der Waals surface area contributed by atoms with Gasteiger partial charge in [-0.2, -0.15) is 0 Å². The van der Waals surface area contributed by atoms with Gasteiger partial charge in [0.15, 0.2) is 0 Å². The van der Waals surface area contributed by atoms with Gasteiger partial charge in [-0.1, -0.05) is 6.08 Å². The van der Waals surface area contributed by atoms with E-state index in [1.54, 1.807) is 6.26 Å². The molecule has 0 spiro atoms. The predicted molar refractivity (Wildman–Crippen MR) is 33.5 cm³/mol. The highest BCUT2D eigenvalue weighted by Crippen LogP contribution is 2.01. The standard InChI is InChI=1S/C7H10O/c1-7-4-2-3-5-8-6-7/h3-5H,2,6H2,1H3. The summed E-state index contributed by atoms with van der Waals surface area (Å²) in [5, 5.41) is 0. The van der Waals surface area contributed by atoms with Crippen LogP contribution >= 0.6 is 0 Å². The van der Waals surface area contributed by atoms with Gasteiger partial charge < -0.3 is 4.74 Å². The summed E-state index contributed by atoms with van der Waals surface area (Å²) in [6, 6.07) is 0. The first-order valence-electron chi connectivity index (χ1n) is 2.82. The normalized spacial score (nSPS) is 18.9. The van der Waals surface area contributed by atoms with Crippen LogP contribution in [0, 0.1) is 0 Å². The first kappa shape index (κ1) is 5.42. The fourth-order valence-electron chi connectivity index (χ4n) is 0.631. The minimum atomic E-state index is 0.760. The number of allylic oxidation sites excluding steroid dienone is 2. The van der Waals surface area contributed by atoms with E-state index in [2.05, 4.69) is 13.0 Å². The lowest BCUT2D eigenvalue weighted by atomic mass is 10.3. The number of ether oxygens (including phenoxy) is 1. The van der Waals surface area contributed by atoms with Crippen molar-refractivity contribution in [3.63, 3.8) is 0 Å². The van der Waals surface area contributed by atoms with Gasteiger partial charge >= 0.3 is 0 Å². The zero-order valence-electron chi connectivity index (χ0n) is 5.05. The summed E-state index contributed by atoms with van der Waals surface area (Å²) in [4.78, 5) is 0. The van der Waals surface area contributed by atoms with E-state index < -0.39 is 0 Å². The molecule has 0 aromatic heterocycles. The van der Waals surface area contributed by atoms with E-state index in [1.807, 2.05) is 6.08 Å². The zero-order chi connectivity index (χ0) is 5.82. The van der Waals surface area contributed by atoms with Crippen LogP contribution < -0.4 is 0 Å². The fourth-order valence-corrected chi connectivity index (χ4v) is 0.631. The molecule has 0 aliphatic carbocycles. The first-order chi connectivity index (χ1) is 3.89. The molecule has 44 valence electrons. The maximum Gasteiger partial charge on any atom is 0.108 e. The molecular weight excluding hydrogens is 100 g/mol. The lowest BCUT2D eigenvalue weighted by Gasteiger charge is -1.94. The number of rotatable bonds is 0. The van der Waals surface area contributed by atoms with E-state index in [0.717, 1.165) is 13.0 Å². The minimum absolute atomic E-state index is 0.760. The van der Waals surface area contributed by atoms with Crippen molar-refractivity contribution >= 4 is 0 Å². The Balaban J connectivity index is 2.48. The van der Waals surface area contributed by atoms with E-state index in [4.69, 9.17) is 4.74 Å². The maximum atomic E-state index is 5.06. The van der Waals surface area contributed by atoms with Crippen LogP contribution in [0.1, 0.15) is 13.3 Å². The van der Waals surface area contributed by atoms with Crippen molar-refractivity contribution in [2.45, 2.75) is 13.3 Å². The van der Waals surface area contributed by atoms with Crippen LogP contribution in [0.4, 0.5) is 0 Å². The molecule has 0 amide bonds. The summed E-state index contributed by atoms with van der Waals surface area (Å²) >= 11 is 0. The van der Waals surface area contributed by atoms with Gasteiger partial charge in [-0.05, 0) is 25.0 Å². The molecule has 1 aliphatic heterocycles. The number of hydrogen-bond donors (Lipinski definition) is 0. The second kappa shape index (κ2) is 2.55. The van der Waals surface area contributed by atoms with Gasteiger partial charge in [-0.15, -0.1) is 0 Å². The molecule has 0 fully saturated rings. The van der Waals surface area contributed by atoms with E-state index in [-0.39, 0.29) is 0 Å². The molecule has 1 rings (SSSR count). The molecular formula is C7H10O. The van der Waals surface area contributed by atoms with Crippen LogP contribution in [0.2, 0.25) is 0 Å². The molecule has 0 N–H and O–H groups in total. The van der Waals surface area contributed by atoms with Crippen molar-refractivity contribution in [3.8, 4) is 0 Å². The SMILES string of the molecule is CC1=CCC=COC1. The summed E-state index contributed by atoms with van der Waals surface area (Å²) in [5.74, 6) is 0. The zero-order valence-corrected chi connectivity index (χ0v) is 5.05. The Morgan fingerprint density at radius 2 is 2.50 bits per heavy atom. The van der Waals surface area contributed by atoms with Crippen molar-refractivity contribution < 1.29 is 4.74 Å². The van der Waals surface area contributed by atoms with E-state index in [9.17, 15) is 0 Å². The van der Waals surface area contributed by atoms with Crippen LogP contribution in [0.15, 0.2) is 24.0 Å². The molecule has 0 saturated heterocycles. The Hall–Kier alpha value is -0.720. The van der Waals surface area contributed by atoms with Crippen LogP contribution in [-0.4, -0.2) is 6.61 Å². The first-order valence-corrected chi connectivity index (χ1v) is 2.82.